The Morgan fingerprint density at radius 3 is 2.76 bits per heavy atom. The average molecular weight is 227 g/mol. The molecule has 2 aliphatic rings. The molecule has 1 aromatic carbocycles. The van der Waals surface area contributed by atoms with Gasteiger partial charge in [0.1, 0.15) is 0 Å². The van der Waals surface area contributed by atoms with E-state index in [0.717, 1.165) is 17.6 Å². The van der Waals surface area contributed by atoms with E-state index in [1.807, 2.05) is 18.2 Å². The molecule has 2 heterocycles. The Labute approximate surface area is 102 Å². The zero-order chi connectivity index (χ0) is 11.8. The minimum absolute atomic E-state index is 0.347. The number of ketones is 1. The van der Waals surface area contributed by atoms with E-state index in [4.69, 9.17) is 0 Å². The second-order valence-corrected chi connectivity index (χ2v) is 5.05. The van der Waals surface area contributed by atoms with Crippen LogP contribution in [0.1, 0.15) is 24.8 Å². The van der Waals surface area contributed by atoms with Crippen molar-refractivity contribution in [3.63, 3.8) is 0 Å². The molecule has 0 spiro atoms. The Balaban J connectivity index is 1.96. The fourth-order valence-electron chi connectivity index (χ4n) is 3.06. The van der Waals surface area contributed by atoms with Crippen molar-refractivity contribution in [2.45, 2.75) is 31.3 Å². The number of carbonyl (C=O) groups is 1. The molecule has 0 radical (unpaired) electrons. The molecule has 0 aliphatic carbocycles. The molecule has 2 fully saturated rings. The fraction of sp³-hybridized carbons (Fsp3) is 0.400. The first-order chi connectivity index (χ1) is 8.25. The van der Waals surface area contributed by atoms with Gasteiger partial charge in [-0.3, -0.25) is 9.69 Å². The van der Waals surface area contributed by atoms with E-state index in [-0.39, 0.29) is 0 Å². The molecule has 1 aromatic rings. The molecule has 88 valence electrons. The molecule has 0 N–H and O–H groups in total. The van der Waals surface area contributed by atoms with Crippen molar-refractivity contribution in [2.24, 2.45) is 0 Å². The third-order valence-electron chi connectivity index (χ3n) is 4.06. The zero-order valence-electron chi connectivity index (χ0n) is 10.1. The van der Waals surface area contributed by atoms with Crippen LogP contribution < -0.4 is 0 Å². The molecular formula is C15H17NO. The number of carbonyl (C=O) groups excluding carboxylic acids is 1. The number of hydrogen-bond donors (Lipinski definition) is 0. The number of rotatable bonds is 1. The van der Waals surface area contributed by atoms with Crippen LogP contribution in [0.25, 0.3) is 6.08 Å². The monoisotopic (exact) mass is 227 g/mol. The molecule has 0 aromatic heterocycles. The summed E-state index contributed by atoms with van der Waals surface area (Å²) >= 11 is 0. The van der Waals surface area contributed by atoms with Gasteiger partial charge in [-0.05, 0) is 31.5 Å². The van der Waals surface area contributed by atoms with Crippen LogP contribution in [0.5, 0.6) is 0 Å². The van der Waals surface area contributed by atoms with Crippen LogP contribution in [0.2, 0.25) is 0 Å². The molecule has 3 rings (SSSR count). The standard InChI is InChI=1S/C15H17NO/c1-16-12-7-8-14(16)13(15(17)10-12)9-11-5-3-2-4-6-11/h2-6,9,12,14H,7-8,10H2,1H3/b13-9+. The molecule has 2 nitrogen and oxygen atoms in total. The van der Waals surface area contributed by atoms with Gasteiger partial charge in [0.2, 0.25) is 0 Å². The van der Waals surface area contributed by atoms with Crippen LogP contribution in [0, 0.1) is 0 Å². The van der Waals surface area contributed by atoms with Crippen LogP contribution in [0.4, 0.5) is 0 Å². The Morgan fingerprint density at radius 1 is 1.24 bits per heavy atom. The third-order valence-corrected chi connectivity index (χ3v) is 4.06. The maximum Gasteiger partial charge on any atom is 0.162 e. The Morgan fingerprint density at radius 2 is 2.00 bits per heavy atom. The van der Waals surface area contributed by atoms with Gasteiger partial charge in [-0.15, -0.1) is 0 Å². The normalized spacial score (nSPS) is 31.1. The Bertz CT molecular complexity index is 463. The highest BCUT2D eigenvalue weighted by Crippen LogP contribution is 2.36. The third kappa shape index (κ3) is 1.83. The summed E-state index contributed by atoms with van der Waals surface area (Å²) in [6.07, 6.45) is 5.07. The van der Waals surface area contributed by atoms with Crippen molar-refractivity contribution in [3.05, 3.63) is 41.5 Å². The first-order valence-corrected chi connectivity index (χ1v) is 6.27. The predicted molar refractivity (Wildman–Crippen MR) is 68.6 cm³/mol. The molecular weight excluding hydrogens is 210 g/mol. The van der Waals surface area contributed by atoms with E-state index in [1.54, 1.807) is 0 Å². The quantitative estimate of drug-likeness (QED) is 0.687. The van der Waals surface area contributed by atoms with Crippen molar-refractivity contribution in [1.29, 1.82) is 0 Å². The number of piperidine rings is 1. The number of likely N-dealkylation sites (N-methyl/N-ethyl adjacent to an activating group) is 1. The van der Waals surface area contributed by atoms with Crippen LogP contribution in [-0.2, 0) is 4.79 Å². The number of Topliss-reactive ketones (excluding diaryl/α,β-unsaturated/α-hetero) is 1. The molecule has 2 atom stereocenters. The molecule has 0 amide bonds. The molecule has 2 saturated heterocycles. The van der Waals surface area contributed by atoms with Crippen molar-refractivity contribution >= 4 is 11.9 Å². The maximum absolute atomic E-state index is 12.1. The molecule has 2 unspecified atom stereocenters. The second-order valence-electron chi connectivity index (χ2n) is 5.05. The van der Waals surface area contributed by atoms with Crippen molar-refractivity contribution < 1.29 is 4.79 Å². The summed E-state index contributed by atoms with van der Waals surface area (Å²) in [5, 5.41) is 0. The maximum atomic E-state index is 12.1. The van der Waals surface area contributed by atoms with Crippen LogP contribution in [-0.4, -0.2) is 29.8 Å². The van der Waals surface area contributed by atoms with Gasteiger partial charge in [-0.1, -0.05) is 30.3 Å². The van der Waals surface area contributed by atoms with Gasteiger partial charge in [0.05, 0.1) is 0 Å². The highest BCUT2D eigenvalue weighted by atomic mass is 16.1. The number of hydrogen-bond acceptors (Lipinski definition) is 2. The van der Waals surface area contributed by atoms with E-state index >= 15 is 0 Å². The number of benzene rings is 1. The number of fused-ring (bicyclic) bond motifs is 2. The van der Waals surface area contributed by atoms with Gasteiger partial charge in [-0.25, -0.2) is 0 Å². The summed E-state index contributed by atoms with van der Waals surface area (Å²) in [7, 11) is 2.15. The van der Waals surface area contributed by atoms with Gasteiger partial charge in [0, 0.05) is 24.1 Å². The average Bonchev–Trinajstić information content (AvgIpc) is 2.59. The van der Waals surface area contributed by atoms with Gasteiger partial charge in [0.25, 0.3) is 0 Å². The molecule has 2 bridgehead atoms. The summed E-state index contributed by atoms with van der Waals surface area (Å²) in [5.74, 6) is 0.347. The minimum Gasteiger partial charge on any atom is -0.296 e. The Kier molecular flexibility index (Phi) is 2.60. The number of nitrogens with zero attached hydrogens (tertiary/aromatic N) is 1. The SMILES string of the molecule is CN1C2CCC1/C(=C\c1ccccc1)C(=O)C2. The first kappa shape index (κ1) is 10.7. The molecule has 2 heteroatoms. The summed E-state index contributed by atoms with van der Waals surface area (Å²) in [6, 6.07) is 11.0. The summed E-state index contributed by atoms with van der Waals surface area (Å²) in [5.41, 5.74) is 2.14. The summed E-state index contributed by atoms with van der Waals surface area (Å²) in [6.45, 7) is 0. The summed E-state index contributed by atoms with van der Waals surface area (Å²) in [4.78, 5) is 14.5. The van der Waals surface area contributed by atoms with Crippen LogP contribution >= 0.6 is 0 Å². The summed E-state index contributed by atoms with van der Waals surface area (Å²) < 4.78 is 0. The zero-order valence-corrected chi connectivity index (χ0v) is 10.1. The lowest BCUT2D eigenvalue weighted by Crippen LogP contribution is -2.41. The van der Waals surface area contributed by atoms with Gasteiger partial charge < -0.3 is 0 Å². The first-order valence-electron chi connectivity index (χ1n) is 6.27. The lowest BCUT2D eigenvalue weighted by Gasteiger charge is -2.32. The van der Waals surface area contributed by atoms with E-state index in [2.05, 4.69) is 30.2 Å². The van der Waals surface area contributed by atoms with E-state index in [0.29, 0.717) is 24.3 Å². The van der Waals surface area contributed by atoms with Crippen LogP contribution in [0.15, 0.2) is 35.9 Å². The topological polar surface area (TPSA) is 20.3 Å². The minimum atomic E-state index is 0.347. The molecule has 2 aliphatic heterocycles. The van der Waals surface area contributed by atoms with Crippen LogP contribution in [0.3, 0.4) is 0 Å². The second kappa shape index (κ2) is 4.11. The highest BCUT2D eigenvalue weighted by Gasteiger charge is 2.40. The van der Waals surface area contributed by atoms with E-state index < -0.39 is 0 Å². The lowest BCUT2D eigenvalue weighted by atomic mass is 9.94. The lowest BCUT2D eigenvalue weighted by molar-refractivity contribution is -0.118. The highest BCUT2D eigenvalue weighted by molar-refractivity contribution is 6.02. The smallest absolute Gasteiger partial charge is 0.162 e. The van der Waals surface area contributed by atoms with Crippen molar-refractivity contribution in [2.75, 3.05) is 7.05 Å². The van der Waals surface area contributed by atoms with Gasteiger partial charge in [-0.2, -0.15) is 0 Å². The Hall–Kier alpha value is -1.41. The predicted octanol–water partition coefficient (Wildman–Crippen LogP) is 2.51. The molecule has 0 saturated carbocycles. The van der Waals surface area contributed by atoms with Crippen molar-refractivity contribution in [1.82, 2.24) is 4.90 Å². The van der Waals surface area contributed by atoms with E-state index in [9.17, 15) is 4.79 Å². The van der Waals surface area contributed by atoms with E-state index in [1.165, 1.54) is 6.42 Å². The van der Waals surface area contributed by atoms with Gasteiger partial charge in [0.15, 0.2) is 5.78 Å². The van der Waals surface area contributed by atoms with Gasteiger partial charge >= 0.3 is 0 Å². The largest absolute Gasteiger partial charge is 0.296 e. The van der Waals surface area contributed by atoms with Crippen molar-refractivity contribution in [3.8, 4) is 0 Å². The molecule has 17 heavy (non-hydrogen) atoms. The fourth-order valence-corrected chi connectivity index (χ4v) is 3.06.